The summed E-state index contributed by atoms with van der Waals surface area (Å²) >= 11 is 5.86. The van der Waals surface area contributed by atoms with Crippen LogP contribution >= 0.6 is 11.6 Å². The number of ether oxygens (including phenoxy) is 1. The molecule has 0 saturated heterocycles. The standard InChI is InChI=1S/C19H17ClF3N3O2S/c1-2-26-17(11-28-16-5-3-4-14(10-16)19(21,22)23)24-25-18(26)29(27)12-13-6-8-15(20)9-7-13/h3-10H,2,11-12H2,1H3/t29-/m0/s1. The SMILES string of the molecule is CCn1c(COc2cccc(C(F)(F)F)c2)nnc1[S@@](=O)Cc1ccc(Cl)cc1. The smallest absolute Gasteiger partial charge is 0.416 e. The summed E-state index contributed by atoms with van der Waals surface area (Å²) in [7, 11) is -1.45. The van der Waals surface area contributed by atoms with E-state index in [1.807, 2.05) is 6.92 Å². The minimum atomic E-state index is -4.45. The Bertz CT molecular complexity index is 1010. The maximum Gasteiger partial charge on any atom is 0.416 e. The summed E-state index contributed by atoms with van der Waals surface area (Å²) in [6.45, 7) is 2.18. The average molecular weight is 444 g/mol. The van der Waals surface area contributed by atoms with Crippen LogP contribution in [0.15, 0.2) is 53.7 Å². The van der Waals surface area contributed by atoms with Gasteiger partial charge in [-0.2, -0.15) is 13.2 Å². The first-order valence-corrected chi connectivity index (χ1v) is 10.3. The summed E-state index contributed by atoms with van der Waals surface area (Å²) in [4.78, 5) is 0. The average Bonchev–Trinajstić information content (AvgIpc) is 3.11. The molecule has 3 aromatic rings. The van der Waals surface area contributed by atoms with Crippen LogP contribution in [-0.4, -0.2) is 19.0 Å². The molecule has 0 unspecified atom stereocenters. The maximum atomic E-state index is 12.8. The number of halogens is 4. The Morgan fingerprint density at radius 3 is 2.52 bits per heavy atom. The highest BCUT2D eigenvalue weighted by Crippen LogP contribution is 2.31. The molecule has 0 amide bonds. The van der Waals surface area contributed by atoms with E-state index in [4.69, 9.17) is 16.3 Å². The second kappa shape index (κ2) is 8.96. The van der Waals surface area contributed by atoms with Gasteiger partial charge in [-0.05, 0) is 42.8 Å². The zero-order valence-corrected chi connectivity index (χ0v) is 16.9. The molecule has 0 spiro atoms. The Balaban J connectivity index is 1.72. The number of benzene rings is 2. The summed E-state index contributed by atoms with van der Waals surface area (Å²) in [5, 5.41) is 8.87. The molecule has 1 aromatic heterocycles. The number of hydrogen-bond donors (Lipinski definition) is 0. The minimum Gasteiger partial charge on any atom is -0.486 e. The molecule has 0 aliphatic rings. The van der Waals surface area contributed by atoms with Gasteiger partial charge in [0.25, 0.3) is 0 Å². The van der Waals surface area contributed by atoms with Crippen LogP contribution in [0.25, 0.3) is 0 Å². The predicted molar refractivity (Wildman–Crippen MR) is 103 cm³/mol. The van der Waals surface area contributed by atoms with Gasteiger partial charge in [-0.25, -0.2) is 0 Å². The first-order chi connectivity index (χ1) is 13.8. The van der Waals surface area contributed by atoms with Crippen molar-refractivity contribution in [2.45, 2.75) is 37.2 Å². The zero-order chi connectivity index (χ0) is 21.0. The van der Waals surface area contributed by atoms with Crippen LogP contribution in [0.1, 0.15) is 23.9 Å². The largest absolute Gasteiger partial charge is 0.486 e. The fourth-order valence-electron chi connectivity index (χ4n) is 2.62. The molecule has 0 radical (unpaired) electrons. The first-order valence-electron chi connectivity index (χ1n) is 8.63. The van der Waals surface area contributed by atoms with Crippen LogP contribution in [0.2, 0.25) is 5.02 Å². The Labute approximate surface area is 172 Å². The highest BCUT2D eigenvalue weighted by atomic mass is 35.5. The topological polar surface area (TPSA) is 57.0 Å². The number of rotatable bonds is 7. The molecular weight excluding hydrogens is 427 g/mol. The van der Waals surface area contributed by atoms with Crippen molar-refractivity contribution in [2.24, 2.45) is 0 Å². The van der Waals surface area contributed by atoms with Gasteiger partial charge in [-0.1, -0.05) is 29.8 Å². The van der Waals surface area contributed by atoms with Crippen molar-refractivity contribution in [3.8, 4) is 5.75 Å². The highest BCUT2D eigenvalue weighted by Gasteiger charge is 2.30. The summed E-state index contributed by atoms with van der Waals surface area (Å²) in [5.41, 5.74) is 0.0388. The summed E-state index contributed by atoms with van der Waals surface area (Å²) < 4.78 is 58.3. The van der Waals surface area contributed by atoms with Gasteiger partial charge in [0.05, 0.1) is 22.1 Å². The van der Waals surface area contributed by atoms with E-state index in [9.17, 15) is 17.4 Å². The molecule has 2 aromatic carbocycles. The van der Waals surface area contributed by atoms with E-state index in [2.05, 4.69) is 10.2 Å². The lowest BCUT2D eigenvalue weighted by Crippen LogP contribution is -2.11. The molecule has 0 fully saturated rings. The summed E-state index contributed by atoms with van der Waals surface area (Å²) in [6.07, 6.45) is -4.45. The van der Waals surface area contributed by atoms with Gasteiger partial charge < -0.3 is 9.30 Å². The molecule has 0 aliphatic heterocycles. The van der Waals surface area contributed by atoms with Crippen LogP contribution in [0, 0.1) is 0 Å². The van der Waals surface area contributed by atoms with Gasteiger partial charge in [0, 0.05) is 11.6 Å². The van der Waals surface area contributed by atoms with Crippen molar-refractivity contribution >= 4 is 22.4 Å². The van der Waals surface area contributed by atoms with E-state index in [0.717, 1.165) is 17.7 Å². The van der Waals surface area contributed by atoms with Gasteiger partial charge in [-0.15, -0.1) is 10.2 Å². The lowest BCUT2D eigenvalue weighted by molar-refractivity contribution is -0.137. The molecule has 10 heteroatoms. The summed E-state index contributed by atoms with van der Waals surface area (Å²) in [6, 6.07) is 11.6. The third-order valence-corrected chi connectivity index (χ3v) is 5.61. The molecule has 0 aliphatic carbocycles. The molecule has 0 N–H and O–H groups in total. The third-order valence-electron chi connectivity index (χ3n) is 4.05. The lowest BCUT2D eigenvalue weighted by atomic mass is 10.2. The van der Waals surface area contributed by atoms with E-state index in [1.54, 1.807) is 28.8 Å². The van der Waals surface area contributed by atoms with Crippen molar-refractivity contribution in [3.63, 3.8) is 0 Å². The monoisotopic (exact) mass is 443 g/mol. The van der Waals surface area contributed by atoms with Crippen LogP contribution in [0.4, 0.5) is 13.2 Å². The predicted octanol–water partition coefficient (Wildman–Crippen LogP) is 4.86. The van der Waals surface area contributed by atoms with Gasteiger partial charge in [0.2, 0.25) is 5.16 Å². The molecule has 5 nitrogen and oxygen atoms in total. The van der Waals surface area contributed by atoms with E-state index in [-0.39, 0.29) is 23.3 Å². The van der Waals surface area contributed by atoms with Crippen molar-refractivity contribution in [1.82, 2.24) is 14.8 Å². The van der Waals surface area contributed by atoms with Crippen molar-refractivity contribution in [2.75, 3.05) is 0 Å². The number of alkyl halides is 3. The lowest BCUT2D eigenvalue weighted by Gasteiger charge is -2.11. The normalized spacial score (nSPS) is 12.7. The molecule has 0 bridgehead atoms. The van der Waals surface area contributed by atoms with Crippen molar-refractivity contribution in [3.05, 3.63) is 70.5 Å². The minimum absolute atomic E-state index is 0.0642. The highest BCUT2D eigenvalue weighted by molar-refractivity contribution is 7.84. The zero-order valence-electron chi connectivity index (χ0n) is 15.3. The maximum absolute atomic E-state index is 12.8. The second-order valence-electron chi connectivity index (χ2n) is 6.07. The van der Waals surface area contributed by atoms with Crippen LogP contribution in [0.5, 0.6) is 5.75 Å². The summed E-state index contributed by atoms with van der Waals surface area (Å²) in [5.74, 6) is 0.683. The van der Waals surface area contributed by atoms with Crippen molar-refractivity contribution in [1.29, 1.82) is 0 Å². The Morgan fingerprint density at radius 1 is 1.14 bits per heavy atom. The molecule has 1 heterocycles. The van der Waals surface area contributed by atoms with Crippen LogP contribution in [0.3, 0.4) is 0 Å². The molecule has 0 saturated carbocycles. The number of nitrogens with zero attached hydrogens (tertiary/aromatic N) is 3. The fraction of sp³-hybridized carbons (Fsp3) is 0.263. The third kappa shape index (κ3) is 5.36. The van der Waals surface area contributed by atoms with E-state index < -0.39 is 22.5 Å². The fourth-order valence-corrected chi connectivity index (χ4v) is 3.98. The van der Waals surface area contributed by atoms with Crippen LogP contribution in [-0.2, 0) is 35.9 Å². The van der Waals surface area contributed by atoms with Gasteiger partial charge in [0.15, 0.2) is 5.82 Å². The van der Waals surface area contributed by atoms with E-state index in [1.165, 1.54) is 12.1 Å². The number of aromatic nitrogens is 3. The van der Waals surface area contributed by atoms with Crippen molar-refractivity contribution < 1.29 is 22.1 Å². The first kappa shape index (κ1) is 21.3. The molecule has 29 heavy (non-hydrogen) atoms. The molecule has 3 rings (SSSR count). The Hall–Kier alpha value is -2.39. The van der Waals surface area contributed by atoms with Crippen LogP contribution < -0.4 is 4.74 Å². The van der Waals surface area contributed by atoms with Gasteiger partial charge in [0.1, 0.15) is 12.4 Å². The molecular formula is C19H17ClF3N3O2S. The van der Waals surface area contributed by atoms with Gasteiger partial charge >= 0.3 is 6.18 Å². The molecule has 154 valence electrons. The Morgan fingerprint density at radius 2 is 1.86 bits per heavy atom. The number of hydrogen-bond acceptors (Lipinski definition) is 4. The Kier molecular flexibility index (Phi) is 6.59. The quantitative estimate of drug-likeness (QED) is 0.523. The van der Waals surface area contributed by atoms with E-state index in [0.29, 0.717) is 17.4 Å². The van der Waals surface area contributed by atoms with E-state index >= 15 is 0 Å². The second-order valence-corrected chi connectivity index (χ2v) is 7.85. The van der Waals surface area contributed by atoms with Gasteiger partial charge in [-0.3, -0.25) is 4.21 Å². The molecule has 1 atom stereocenters.